The number of pyridine rings is 1. The monoisotopic (exact) mass is 410 g/mol. The Bertz CT molecular complexity index is 885. The number of methoxy groups -OCH3 is 1. The first-order valence-electron chi connectivity index (χ1n) is 10.2. The fraction of sp³-hybridized carbons (Fsp3) is 0.409. The number of nitrogens with one attached hydrogen (secondary N) is 2. The van der Waals surface area contributed by atoms with E-state index in [2.05, 4.69) is 25.5 Å². The van der Waals surface area contributed by atoms with Gasteiger partial charge < -0.3 is 26.0 Å². The van der Waals surface area contributed by atoms with Gasteiger partial charge in [-0.15, -0.1) is 0 Å². The Morgan fingerprint density at radius 3 is 2.70 bits per heavy atom. The third-order valence-electron chi connectivity index (χ3n) is 5.30. The molecular weight excluding hydrogens is 380 g/mol. The predicted molar refractivity (Wildman–Crippen MR) is 118 cm³/mol. The van der Waals surface area contributed by atoms with Crippen LogP contribution in [0.5, 0.6) is 5.75 Å². The van der Waals surface area contributed by atoms with Crippen molar-refractivity contribution in [3.8, 4) is 5.75 Å². The molecule has 0 aliphatic carbocycles. The summed E-state index contributed by atoms with van der Waals surface area (Å²) in [4.78, 5) is 22.7. The van der Waals surface area contributed by atoms with Gasteiger partial charge >= 0.3 is 0 Å². The maximum atomic E-state index is 11.6. The number of carbonyl (C=O) groups excluding carboxylic acids is 1. The van der Waals surface area contributed by atoms with Crippen LogP contribution in [0.25, 0.3) is 0 Å². The van der Waals surface area contributed by atoms with Crippen molar-refractivity contribution in [2.75, 3.05) is 32.1 Å². The van der Waals surface area contributed by atoms with Gasteiger partial charge in [0.1, 0.15) is 11.6 Å². The summed E-state index contributed by atoms with van der Waals surface area (Å²) in [6.45, 7) is 2.64. The van der Waals surface area contributed by atoms with Crippen molar-refractivity contribution in [2.24, 2.45) is 16.6 Å². The molecule has 4 N–H and O–H groups in total. The van der Waals surface area contributed by atoms with Crippen LogP contribution in [0.4, 0.5) is 5.82 Å². The highest BCUT2D eigenvalue weighted by Crippen LogP contribution is 2.24. The average molecular weight is 411 g/mol. The summed E-state index contributed by atoms with van der Waals surface area (Å²) >= 11 is 0. The molecule has 8 nitrogen and oxygen atoms in total. The number of primary amides is 1. The number of aliphatic imine (C=N–C) groups is 1. The van der Waals surface area contributed by atoms with E-state index in [1.165, 1.54) is 0 Å². The van der Waals surface area contributed by atoms with E-state index >= 15 is 0 Å². The number of anilines is 1. The lowest BCUT2D eigenvalue weighted by Crippen LogP contribution is -2.42. The number of amides is 1. The zero-order chi connectivity index (χ0) is 21.3. The smallest absolute Gasteiger partial charge is 0.222 e. The molecular formula is C22H30N6O2. The zero-order valence-electron chi connectivity index (χ0n) is 17.6. The fourth-order valence-electron chi connectivity index (χ4n) is 3.68. The maximum absolute atomic E-state index is 11.6. The Hall–Kier alpha value is -3.29. The first-order valence-corrected chi connectivity index (χ1v) is 10.2. The second kappa shape index (κ2) is 10.5. The molecule has 1 saturated heterocycles. The molecule has 3 rings (SSSR count). The van der Waals surface area contributed by atoms with Crippen LogP contribution in [-0.4, -0.2) is 44.1 Å². The van der Waals surface area contributed by atoms with Crippen LogP contribution in [0.15, 0.2) is 47.6 Å². The summed E-state index contributed by atoms with van der Waals surface area (Å²) in [5.41, 5.74) is 7.63. The molecule has 160 valence electrons. The molecule has 8 heteroatoms. The molecule has 30 heavy (non-hydrogen) atoms. The highest BCUT2D eigenvalue weighted by molar-refractivity contribution is 5.80. The number of ether oxygens (including phenoxy) is 1. The van der Waals surface area contributed by atoms with Crippen LogP contribution in [0.3, 0.4) is 0 Å². The molecule has 1 aliphatic rings. The van der Waals surface area contributed by atoms with Crippen molar-refractivity contribution in [2.45, 2.75) is 25.9 Å². The van der Waals surface area contributed by atoms with Gasteiger partial charge in [0.05, 0.1) is 13.0 Å². The summed E-state index contributed by atoms with van der Waals surface area (Å²) in [5.74, 6) is 2.04. The number of carbonyl (C=O) groups is 1. The Balaban J connectivity index is 1.63. The molecule has 1 aromatic heterocycles. The van der Waals surface area contributed by atoms with Crippen LogP contribution in [0, 0.1) is 5.92 Å². The minimum atomic E-state index is -0.240. The van der Waals surface area contributed by atoms with Gasteiger partial charge in [0.15, 0.2) is 5.96 Å². The van der Waals surface area contributed by atoms with Crippen molar-refractivity contribution in [3.05, 3.63) is 53.7 Å². The maximum Gasteiger partial charge on any atom is 0.222 e. The summed E-state index contributed by atoms with van der Waals surface area (Å²) < 4.78 is 5.40. The Labute approximate surface area is 177 Å². The van der Waals surface area contributed by atoms with Crippen molar-refractivity contribution in [1.82, 2.24) is 15.6 Å². The summed E-state index contributed by atoms with van der Waals surface area (Å²) in [6.07, 6.45) is 3.55. The Morgan fingerprint density at radius 2 is 1.97 bits per heavy atom. The van der Waals surface area contributed by atoms with Crippen molar-refractivity contribution in [3.63, 3.8) is 0 Å². The number of rotatable bonds is 7. The lowest BCUT2D eigenvalue weighted by atomic mass is 9.97. The van der Waals surface area contributed by atoms with Crippen LogP contribution in [-0.2, 0) is 17.9 Å². The number of guanidine groups is 1. The molecule has 0 radical (unpaired) electrons. The highest BCUT2D eigenvalue weighted by atomic mass is 16.5. The third-order valence-corrected chi connectivity index (χ3v) is 5.30. The average Bonchev–Trinajstić information content (AvgIpc) is 2.79. The number of para-hydroxylation sites is 1. The van der Waals surface area contributed by atoms with Crippen molar-refractivity contribution in [1.29, 1.82) is 0 Å². The first kappa shape index (κ1) is 21.4. The molecule has 1 aromatic carbocycles. The summed E-state index contributed by atoms with van der Waals surface area (Å²) in [6, 6.07) is 11.8. The number of hydrogen-bond donors (Lipinski definition) is 3. The number of nitrogens with zero attached hydrogens (tertiary/aromatic N) is 3. The third kappa shape index (κ3) is 5.40. The van der Waals surface area contributed by atoms with Crippen LogP contribution in [0.1, 0.15) is 24.0 Å². The fourth-order valence-corrected chi connectivity index (χ4v) is 3.68. The van der Waals surface area contributed by atoms with Gasteiger partial charge in [0.25, 0.3) is 0 Å². The second-order valence-electron chi connectivity index (χ2n) is 7.26. The SMILES string of the molecule is CN=C(NCc1ccccc1OC)NCc1cccnc1N1CCCC(C(N)=O)C1. The van der Waals surface area contributed by atoms with Gasteiger partial charge in [-0.3, -0.25) is 9.79 Å². The second-order valence-corrected chi connectivity index (χ2v) is 7.26. The minimum Gasteiger partial charge on any atom is -0.496 e. The molecule has 0 spiro atoms. The highest BCUT2D eigenvalue weighted by Gasteiger charge is 2.25. The van der Waals surface area contributed by atoms with E-state index in [1.807, 2.05) is 36.4 Å². The molecule has 1 fully saturated rings. The van der Waals surface area contributed by atoms with Gasteiger partial charge in [0, 0.05) is 50.6 Å². The van der Waals surface area contributed by atoms with Gasteiger partial charge in [-0.2, -0.15) is 0 Å². The normalized spacial score (nSPS) is 16.8. The zero-order valence-corrected chi connectivity index (χ0v) is 17.6. The van der Waals surface area contributed by atoms with Crippen molar-refractivity contribution >= 4 is 17.7 Å². The molecule has 1 aliphatic heterocycles. The van der Waals surface area contributed by atoms with Crippen LogP contribution in [0.2, 0.25) is 0 Å². The molecule has 1 unspecified atom stereocenters. The molecule has 1 atom stereocenters. The van der Waals surface area contributed by atoms with E-state index in [0.717, 1.165) is 42.1 Å². The predicted octanol–water partition coefficient (Wildman–Crippen LogP) is 1.66. The molecule has 1 amide bonds. The minimum absolute atomic E-state index is 0.128. The van der Waals surface area contributed by atoms with E-state index in [4.69, 9.17) is 10.5 Å². The largest absolute Gasteiger partial charge is 0.496 e. The first-order chi connectivity index (χ1) is 14.6. The molecule has 2 heterocycles. The molecule has 0 saturated carbocycles. The van der Waals surface area contributed by atoms with Crippen LogP contribution < -0.4 is 26.0 Å². The lowest BCUT2D eigenvalue weighted by molar-refractivity contribution is -0.122. The van der Waals surface area contributed by atoms with E-state index in [1.54, 1.807) is 20.4 Å². The van der Waals surface area contributed by atoms with E-state index in [9.17, 15) is 4.79 Å². The van der Waals surface area contributed by atoms with Gasteiger partial charge in [0.2, 0.25) is 5.91 Å². The Morgan fingerprint density at radius 1 is 1.23 bits per heavy atom. The lowest BCUT2D eigenvalue weighted by Gasteiger charge is -2.33. The summed E-state index contributed by atoms with van der Waals surface area (Å²) in [7, 11) is 3.41. The quantitative estimate of drug-likeness (QED) is 0.474. The Kier molecular flexibility index (Phi) is 7.48. The topological polar surface area (TPSA) is 105 Å². The number of benzene rings is 1. The number of hydrogen-bond acceptors (Lipinski definition) is 5. The summed E-state index contributed by atoms with van der Waals surface area (Å²) in [5, 5.41) is 6.66. The van der Waals surface area contributed by atoms with E-state index < -0.39 is 0 Å². The van der Waals surface area contributed by atoms with Crippen LogP contribution >= 0.6 is 0 Å². The molecule has 0 bridgehead atoms. The standard InChI is InChI=1S/C22H30N6O2/c1-24-22(26-13-16-7-3-4-10-19(16)30-2)27-14-17-8-5-11-25-21(17)28-12-6-9-18(15-28)20(23)29/h3-5,7-8,10-11,18H,6,9,12-15H2,1-2H3,(H2,23,29)(H2,24,26,27). The van der Waals surface area contributed by atoms with E-state index in [-0.39, 0.29) is 11.8 Å². The number of aromatic nitrogens is 1. The number of piperidine rings is 1. The van der Waals surface area contributed by atoms with Gasteiger partial charge in [-0.05, 0) is 25.0 Å². The van der Waals surface area contributed by atoms with Crippen molar-refractivity contribution < 1.29 is 9.53 Å². The van der Waals surface area contributed by atoms with E-state index in [0.29, 0.717) is 25.6 Å². The molecule has 2 aromatic rings. The van der Waals surface area contributed by atoms with Gasteiger partial charge in [-0.25, -0.2) is 4.98 Å². The number of nitrogens with two attached hydrogens (primary N) is 1. The van der Waals surface area contributed by atoms with Gasteiger partial charge in [-0.1, -0.05) is 24.3 Å².